The quantitative estimate of drug-likeness (QED) is 0.792. The van der Waals surface area contributed by atoms with E-state index in [1.165, 1.54) is 25.8 Å². The number of halogens is 1. The van der Waals surface area contributed by atoms with Gasteiger partial charge in [-0.15, -0.1) is 0 Å². The van der Waals surface area contributed by atoms with E-state index >= 15 is 0 Å². The maximum Gasteiger partial charge on any atom is 0.0358 e. The van der Waals surface area contributed by atoms with Crippen molar-refractivity contribution in [2.45, 2.75) is 26.3 Å². The predicted octanol–water partition coefficient (Wildman–Crippen LogP) is 4.41. The molecule has 0 heterocycles. The summed E-state index contributed by atoms with van der Waals surface area (Å²) in [4.78, 5) is 0. The molecule has 0 saturated heterocycles. The van der Waals surface area contributed by atoms with Crippen LogP contribution in [-0.4, -0.2) is 7.05 Å². The third-order valence-corrected chi connectivity index (χ3v) is 4.28. The zero-order valence-corrected chi connectivity index (χ0v) is 13.9. The van der Waals surface area contributed by atoms with Crippen LogP contribution in [0, 0.1) is 17.4 Å². The highest BCUT2D eigenvalue weighted by molar-refractivity contribution is 14.1. The van der Waals surface area contributed by atoms with Crippen molar-refractivity contribution in [3.8, 4) is 0 Å². The van der Waals surface area contributed by atoms with Crippen molar-refractivity contribution >= 4 is 22.6 Å². The van der Waals surface area contributed by atoms with E-state index in [0.717, 1.165) is 6.42 Å². The normalized spacial score (nSPS) is 12.4. The summed E-state index contributed by atoms with van der Waals surface area (Å²) in [5.74, 6) is 0. The SMILES string of the molecule is CNC(Cc1ccc(C)c(C)c1)c1cccc(I)c1. The molecule has 2 aromatic rings. The summed E-state index contributed by atoms with van der Waals surface area (Å²) in [5.41, 5.74) is 5.47. The van der Waals surface area contributed by atoms with E-state index in [1.807, 2.05) is 7.05 Å². The Hall–Kier alpha value is -0.870. The Morgan fingerprint density at radius 2 is 1.84 bits per heavy atom. The Labute approximate surface area is 129 Å². The van der Waals surface area contributed by atoms with Crippen molar-refractivity contribution in [2.75, 3.05) is 7.05 Å². The number of nitrogens with one attached hydrogen (secondary N) is 1. The highest BCUT2D eigenvalue weighted by Crippen LogP contribution is 2.21. The Morgan fingerprint density at radius 3 is 2.47 bits per heavy atom. The minimum atomic E-state index is 0.372. The van der Waals surface area contributed by atoms with Crippen LogP contribution in [0.15, 0.2) is 42.5 Å². The molecule has 0 aliphatic rings. The lowest BCUT2D eigenvalue weighted by Gasteiger charge is -2.18. The van der Waals surface area contributed by atoms with Crippen molar-refractivity contribution in [2.24, 2.45) is 0 Å². The molecule has 0 fully saturated rings. The van der Waals surface area contributed by atoms with Crippen molar-refractivity contribution in [1.29, 1.82) is 0 Å². The fraction of sp³-hybridized carbons (Fsp3) is 0.294. The van der Waals surface area contributed by atoms with Crippen LogP contribution in [0.2, 0.25) is 0 Å². The summed E-state index contributed by atoms with van der Waals surface area (Å²) < 4.78 is 1.29. The molecule has 2 aromatic carbocycles. The highest BCUT2D eigenvalue weighted by Gasteiger charge is 2.10. The maximum absolute atomic E-state index is 3.42. The van der Waals surface area contributed by atoms with E-state index in [9.17, 15) is 0 Å². The molecule has 0 aliphatic carbocycles. The molecule has 1 N–H and O–H groups in total. The van der Waals surface area contributed by atoms with Gasteiger partial charge >= 0.3 is 0 Å². The number of aryl methyl sites for hydroxylation is 2. The van der Waals surface area contributed by atoms with Crippen LogP contribution >= 0.6 is 22.6 Å². The lowest BCUT2D eigenvalue weighted by molar-refractivity contribution is 0.591. The second-order valence-electron chi connectivity index (χ2n) is 5.02. The highest BCUT2D eigenvalue weighted by atomic mass is 127. The molecule has 1 atom stereocenters. The van der Waals surface area contributed by atoms with Gasteiger partial charge in [0.25, 0.3) is 0 Å². The zero-order chi connectivity index (χ0) is 13.8. The number of rotatable bonds is 4. The fourth-order valence-corrected chi connectivity index (χ4v) is 2.84. The molecular formula is C17H20IN. The van der Waals surface area contributed by atoms with Gasteiger partial charge in [-0.25, -0.2) is 0 Å². The molecule has 2 rings (SSSR count). The van der Waals surface area contributed by atoms with E-state index in [2.05, 4.69) is 84.2 Å². The molecule has 100 valence electrons. The van der Waals surface area contributed by atoms with E-state index in [1.54, 1.807) is 0 Å². The van der Waals surface area contributed by atoms with Crippen LogP contribution in [-0.2, 0) is 6.42 Å². The Kier molecular flexibility index (Phi) is 4.99. The first-order valence-corrected chi connectivity index (χ1v) is 7.67. The maximum atomic E-state index is 3.42. The summed E-state index contributed by atoms with van der Waals surface area (Å²) in [6, 6.07) is 15.8. The molecular weight excluding hydrogens is 345 g/mol. The molecule has 0 aromatic heterocycles. The number of benzene rings is 2. The topological polar surface area (TPSA) is 12.0 Å². The monoisotopic (exact) mass is 365 g/mol. The Bertz CT molecular complexity index is 563. The number of hydrogen-bond acceptors (Lipinski definition) is 1. The van der Waals surface area contributed by atoms with Crippen LogP contribution < -0.4 is 5.32 Å². The zero-order valence-electron chi connectivity index (χ0n) is 11.7. The molecule has 0 aliphatic heterocycles. The molecule has 0 bridgehead atoms. The Balaban J connectivity index is 2.21. The van der Waals surface area contributed by atoms with Crippen LogP contribution in [0.4, 0.5) is 0 Å². The van der Waals surface area contributed by atoms with Gasteiger partial charge in [-0.1, -0.05) is 30.3 Å². The first-order chi connectivity index (χ1) is 9.10. The molecule has 0 saturated carbocycles. The average Bonchev–Trinajstić information content (AvgIpc) is 2.40. The first-order valence-electron chi connectivity index (χ1n) is 6.59. The third kappa shape index (κ3) is 3.80. The summed E-state index contributed by atoms with van der Waals surface area (Å²) in [6.45, 7) is 4.34. The lowest BCUT2D eigenvalue weighted by atomic mass is 9.97. The summed E-state index contributed by atoms with van der Waals surface area (Å²) in [6.07, 6.45) is 1.03. The van der Waals surface area contributed by atoms with E-state index in [0.29, 0.717) is 6.04 Å². The van der Waals surface area contributed by atoms with Crippen LogP contribution in [0.3, 0.4) is 0 Å². The summed E-state index contributed by atoms with van der Waals surface area (Å²) in [5, 5.41) is 3.42. The molecule has 1 nitrogen and oxygen atoms in total. The third-order valence-electron chi connectivity index (χ3n) is 3.61. The predicted molar refractivity (Wildman–Crippen MR) is 90.6 cm³/mol. The average molecular weight is 365 g/mol. The van der Waals surface area contributed by atoms with Crippen LogP contribution in [0.25, 0.3) is 0 Å². The molecule has 0 radical (unpaired) electrons. The van der Waals surface area contributed by atoms with Crippen molar-refractivity contribution in [3.63, 3.8) is 0 Å². The number of hydrogen-bond donors (Lipinski definition) is 1. The van der Waals surface area contributed by atoms with Gasteiger partial charge in [0.05, 0.1) is 0 Å². The van der Waals surface area contributed by atoms with E-state index in [4.69, 9.17) is 0 Å². The van der Waals surface area contributed by atoms with Gasteiger partial charge in [0.15, 0.2) is 0 Å². The van der Waals surface area contributed by atoms with Gasteiger partial charge in [0.2, 0.25) is 0 Å². The lowest BCUT2D eigenvalue weighted by Crippen LogP contribution is -2.19. The van der Waals surface area contributed by atoms with Crippen molar-refractivity contribution in [1.82, 2.24) is 5.32 Å². The molecule has 0 spiro atoms. The second-order valence-corrected chi connectivity index (χ2v) is 6.26. The molecule has 1 unspecified atom stereocenters. The van der Waals surface area contributed by atoms with Crippen molar-refractivity contribution in [3.05, 3.63) is 68.3 Å². The van der Waals surface area contributed by atoms with E-state index in [-0.39, 0.29) is 0 Å². The summed E-state index contributed by atoms with van der Waals surface area (Å²) in [7, 11) is 2.03. The first kappa shape index (κ1) is 14.5. The van der Waals surface area contributed by atoms with Gasteiger partial charge in [0.1, 0.15) is 0 Å². The van der Waals surface area contributed by atoms with E-state index < -0.39 is 0 Å². The summed E-state index contributed by atoms with van der Waals surface area (Å²) >= 11 is 2.37. The molecule has 2 heteroatoms. The van der Waals surface area contributed by atoms with Gasteiger partial charge in [-0.05, 0) is 84.3 Å². The molecule has 0 amide bonds. The second kappa shape index (κ2) is 6.53. The van der Waals surface area contributed by atoms with Gasteiger partial charge in [-0.3, -0.25) is 0 Å². The minimum Gasteiger partial charge on any atom is -0.313 e. The smallest absolute Gasteiger partial charge is 0.0358 e. The van der Waals surface area contributed by atoms with Crippen LogP contribution in [0.1, 0.15) is 28.3 Å². The van der Waals surface area contributed by atoms with Crippen molar-refractivity contribution < 1.29 is 0 Å². The molecule has 19 heavy (non-hydrogen) atoms. The number of likely N-dealkylation sites (N-methyl/N-ethyl adjacent to an activating group) is 1. The van der Waals surface area contributed by atoms with Crippen LogP contribution in [0.5, 0.6) is 0 Å². The minimum absolute atomic E-state index is 0.372. The van der Waals surface area contributed by atoms with Gasteiger partial charge < -0.3 is 5.32 Å². The fourth-order valence-electron chi connectivity index (χ4n) is 2.28. The Morgan fingerprint density at radius 1 is 1.05 bits per heavy atom. The standard InChI is InChI=1S/C17H20IN/c1-12-7-8-14(9-13(12)2)10-17(19-3)15-5-4-6-16(18)11-15/h4-9,11,17,19H,10H2,1-3H3. The van der Waals surface area contributed by atoms with Gasteiger partial charge in [0, 0.05) is 9.61 Å². The largest absolute Gasteiger partial charge is 0.313 e. The van der Waals surface area contributed by atoms with Gasteiger partial charge in [-0.2, -0.15) is 0 Å².